The molecular weight excluding hydrogens is 610 g/mol. The zero-order valence-corrected chi connectivity index (χ0v) is 25.2. The number of imidazole rings is 1. The Morgan fingerprint density at radius 1 is 0.976 bits per heavy atom. The van der Waals surface area contributed by atoms with Crippen molar-refractivity contribution >= 4 is 56.0 Å². The van der Waals surface area contributed by atoms with Crippen LogP contribution >= 0.6 is 28.1 Å². The highest BCUT2D eigenvalue weighted by Crippen LogP contribution is 2.22. The normalized spacial score (nSPS) is 10.9. The van der Waals surface area contributed by atoms with Gasteiger partial charge in [-0.15, -0.1) is 0 Å². The molecule has 4 N–H and O–H groups in total. The van der Waals surface area contributed by atoms with Crippen molar-refractivity contribution in [3.05, 3.63) is 73.8 Å². The van der Waals surface area contributed by atoms with Gasteiger partial charge in [0.2, 0.25) is 0 Å². The van der Waals surface area contributed by atoms with E-state index in [9.17, 15) is 14.4 Å². The lowest BCUT2D eigenvalue weighted by atomic mass is 10.2. The van der Waals surface area contributed by atoms with Crippen LogP contribution in [0.15, 0.2) is 62.6 Å². The Kier molecular flexibility index (Phi) is 10.3. The third-order valence-corrected chi connectivity index (χ3v) is 6.86. The minimum atomic E-state index is -0.373. The Morgan fingerprint density at radius 3 is 2.32 bits per heavy atom. The third-order valence-electron chi connectivity index (χ3n) is 6.09. The molecule has 1 amide bonds. The summed E-state index contributed by atoms with van der Waals surface area (Å²) in [4.78, 5) is 45.7. The van der Waals surface area contributed by atoms with Gasteiger partial charge in [0.05, 0.1) is 0 Å². The number of aromatic amines is 1. The molecule has 0 bridgehead atoms. The summed E-state index contributed by atoms with van der Waals surface area (Å²) < 4.78 is 9.39. The molecule has 0 radical (unpaired) electrons. The monoisotopic (exact) mass is 641 g/mol. The maximum absolute atomic E-state index is 13.0. The number of rotatable bonds is 12. The lowest BCUT2D eigenvalue weighted by Gasteiger charge is -2.11. The maximum atomic E-state index is 13.0. The highest BCUT2D eigenvalue weighted by Gasteiger charge is 2.17. The van der Waals surface area contributed by atoms with Crippen molar-refractivity contribution in [2.45, 2.75) is 39.8 Å². The van der Waals surface area contributed by atoms with Crippen LogP contribution in [0.4, 0.5) is 5.69 Å². The number of aryl methyl sites for hydroxylation is 1. The SMILES string of the molecule is CCCn1c(=O)c2[nH]c(-c3ccc(OCC(=O)NCCNC(=S)Nc4ccc(Br)cc4)cc3)nc2n(CCC)c1=O. The van der Waals surface area contributed by atoms with Gasteiger partial charge in [-0.2, -0.15) is 0 Å². The first-order valence-corrected chi connectivity index (χ1v) is 14.5. The smallest absolute Gasteiger partial charge is 0.332 e. The molecule has 0 unspecified atom stereocenters. The second-order valence-corrected chi connectivity index (χ2v) is 10.5. The van der Waals surface area contributed by atoms with Gasteiger partial charge in [0.15, 0.2) is 17.4 Å². The van der Waals surface area contributed by atoms with Crippen LogP contribution in [-0.2, 0) is 17.9 Å². The largest absolute Gasteiger partial charge is 0.484 e. The molecule has 4 aromatic rings. The van der Waals surface area contributed by atoms with E-state index in [0.717, 1.165) is 16.6 Å². The van der Waals surface area contributed by atoms with Crippen molar-refractivity contribution in [3.8, 4) is 17.1 Å². The number of benzene rings is 2. The molecule has 2 aromatic heterocycles. The fourth-order valence-electron chi connectivity index (χ4n) is 4.14. The molecule has 216 valence electrons. The van der Waals surface area contributed by atoms with Gasteiger partial charge in [0.1, 0.15) is 17.1 Å². The number of nitrogens with one attached hydrogen (secondary N) is 4. The lowest BCUT2D eigenvalue weighted by molar-refractivity contribution is -0.123. The molecule has 41 heavy (non-hydrogen) atoms. The topological polar surface area (TPSA) is 135 Å². The highest BCUT2D eigenvalue weighted by molar-refractivity contribution is 9.10. The fraction of sp³-hybridized carbons (Fsp3) is 0.321. The van der Waals surface area contributed by atoms with Crippen LogP contribution in [0.2, 0.25) is 0 Å². The Balaban J connectivity index is 1.30. The summed E-state index contributed by atoms with van der Waals surface area (Å²) in [5.41, 5.74) is 1.51. The van der Waals surface area contributed by atoms with Crippen LogP contribution in [0.5, 0.6) is 5.75 Å². The van der Waals surface area contributed by atoms with E-state index in [1.54, 1.807) is 28.8 Å². The van der Waals surface area contributed by atoms with E-state index in [2.05, 4.69) is 41.8 Å². The summed E-state index contributed by atoms with van der Waals surface area (Å²) in [7, 11) is 0. The van der Waals surface area contributed by atoms with Gasteiger partial charge in [-0.25, -0.2) is 9.78 Å². The number of fused-ring (bicyclic) bond motifs is 1. The van der Waals surface area contributed by atoms with Gasteiger partial charge in [-0.3, -0.25) is 18.7 Å². The average Bonchev–Trinajstić information content (AvgIpc) is 3.42. The number of anilines is 1. The minimum Gasteiger partial charge on any atom is -0.484 e. The molecule has 11 nitrogen and oxygen atoms in total. The molecule has 0 aliphatic carbocycles. The number of hydrogen-bond acceptors (Lipinski definition) is 6. The quantitative estimate of drug-likeness (QED) is 0.136. The number of thiocarbonyl (C=S) groups is 1. The number of halogens is 1. The molecule has 4 rings (SSSR count). The summed E-state index contributed by atoms with van der Waals surface area (Å²) in [5.74, 6) is 0.711. The van der Waals surface area contributed by atoms with E-state index >= 15 is 0 Å². The average molecular weight is 643 g/mol. The van der Waals surface area contributed by atoms with Gasteiger partial charge in [-0.05, 0) is 73.6 Å². The van der Waals surface area contributed by atoms with E-state index in [1.165, 1.54) is 4.57 Å². The maximum Gasteiger partial charge on any atom is 0.332 e. The number of carbonyl (C=O) groups excluding carboxylic acids is 1. The lowest BCUT2D eigenvalue weighted by Crippen LogP contribution is -2.40. The molecule has 0 spiro atoms. The van der Waals surface area contributed by atoms with Crippen LogP contribution in [0.25, 0.3) is 22.6 Å². The molecule has 0 atom stereocenters. The summed E-state index contributed by atoms with van der Waals surface area (Å²) >= 11 is 8.65. The Labute approximate surface area is 250 Å². The van der Waals surface area contributed by atoms with E-state index in [4.69, 9.17) is 17.0 Å². The van der Waals surface area contributed by atoms with Crippen LogP contribution in [0.1, 0.15) is 26.7 Å². The van der Waals surface area contributed by atoms with Crippen molar-refractivity contribution in [1.29, 1.82) is 0 Å². The Hall–Kier alpha value is -3.97. The number of aromatic nitrogens is 4. The van der Waals surface area contributed by atoms with E-state index in [0.29, 0.717) is 66.0 Å². The molecule has 2 heterocycles. The Bertz CT molecular complexity index is 1630. The van der Waals surface area contributed by atoms with Crippen molar-refractivity contribution in [3.63, 3.8) is 0 Å². The summed E-state index contributed by atoms with van der Waals surface area (Å²) in [6.45, 7) is 5.38. The van der Waals surface area contributed by atoms with Crippen LogP contribution < -0.4 is 31.9 Å². The molecule has 0 aliphatic rings. The molecule has 0 saturated heterocycles. The minimum absolute atomic E-state index is 0.147. The summed E-state index contributed by atoms with van der Waals surface area (Å²) in [6.07, 6.45) is 1.40. The number of H-pyrrole nitrogens is 1. The number of nitrogens with zero attached hydrogens (tertiary/aromatic N) is 3. The van der Waals surface area contributed by atoms with Gasteiger partial charge < -0.3 is 25.7 Å². The molecule has 13 heteroatoms. The van der Waals surface area contributed by atoms with Gasteiger partial charge in [-0.1, -0.05) is 29.8 Å². The summed E-state index contributed by atoms with van der Waals surface area (Å²) in [5, 5.41) is 9.35. The zero-order chi connectivity index (χ0) is 29.4. The van der Waals surface area contributed by atoms with Gasteiger partial charge in [0, 0.05) is 41.9 Å². The van der Waals surface area contributed by atoms with Crippen molar-refractivity contribution in [1.82, 2.24) is 29.7 Å². The second kappa shape index (κ2) is 14.1. The predicted molar refractivity (Wildman–Crippen MR) is 168 cm³/mol. The number of carbonyl (C=O) groups is 1. The number of hydrogen-bond donors (Lipinski definition) is 4. The van der Waals surface area contributed by atoms with E-state index < -0.39 is 0 Å². The van der Waals surface area contributed by atoms with Crippen molar-refractivity contribution in [2.75, 3.05) is 25.0 Å². The standard InChI is InChI=1S/C28H32BrN7O4S/c1-3-15-35-25-23(26(38)36(16-4-2)28(35)39)33-24(34-25)18-5-11-21(12-6-18)40-17-22(37)30-13-14-31-27(41)32-20-9-7-19(29)8-10-20/h5-12H,3-4,13-17H2,1-2H3,(H,30,37)(H,33,34)(H2,31,32,41). The second-order valence-electron chi connectivity index (χ2n) is 9.23. The van der Waals surface area contributed by atoms with Crippen LogP contribution in [0.3, 0.4) is 0 Å². The molecule has 0 fully saturated rings. The molecular formula is C28H32BrN7O4S. The van der Waals surface area contributed by atoms with Crippen molar-refractivity contribution in [2.24, 2.45) is 0 Å². The molecule has 0 saturated carbocycles. The first-order valence-electron chi connectivity index (χ1n) is 13.3. The van der Waals surface area contributed by atoms with E-state index in [1.807, 2.05) is 38.1 Å². The third kappa shape index (κ3) is 7.61. The Morgan fingerprint density at radius 2 is 1.63 bits per heavy atom. The van der Waals surface area contributed by atoms with Gasteiger partial charge in [0.25, 0.3) is 11.5 Å². The van der Waals surface area contributed by atoms with Crippen molar-refractivity contribution < 1.29 is 9.53 Å². The highest BCUT2D eigenvalue weighted by atomic mass is 79.9. The number of amides is 1. The molecule has 2 aromatic carbocycles. The van der Waals surface area contributed by atoms with Gasteiger partial charge >= 0.3 is 5.69 Å². The first kappa shape index (κ1) is 30.0. The fourth-order valence-corrected chi connectivity index (χ4v) is 4.63. The van der Waals surface area contributed by atoms with Crippen LogP contribution in [-0.4, -0.2) is 49.8 Å². The molecule has 0 aliphatic heterocycles. The van der Waals surface area contributed by atoms with E-state index in [-0.39, 0.29) is 23.8 Å². The summed E-state index contributed by atoms with van der Waals surface area (Å²) in [6, 6.07) is 14.6. The predicted octanol–water partition coefficient (Wildman–Crippen LogP) is 3.62. The first-order chi connectivity index (χ1) is 19.8. The van der Waals surface area contributed by atoms with Crippen LogP contribution in [0, 0.1) is 0 Å². The zero-order valence-electron chi connectivity index (χ0n) is 22.8. The number of ether oxygens (including phenoxy) is 1.